The molecule has 0 saturated carbocycles. The van der Waals surface area contributed by atoms with E-state index in [1.54, 1.807) is 17.0 Å². The largest absolute Gasteiger partial charge is 0.352 e. The van der Waals surface area contributed by atoms with Gasteiger partial charge in [-0.15, -0.1) is 0 Å². The molecule has 2 aromatic rings. The number of aromatic nitrogens is 2. The maximum Gasteiger partial charge on any atom is 0.245 e. The minimum Gasteiger partial charge on any atom is -0.352 e. The number of rotatable bonds is 5. The zero-order valence-corrected chi connectivity index (χ0v) is 15.1. The van der Waals surface area contributed by atoms with Crippen molar-refractivity contribution in [2.75, 3.05) is 31.1 Å². The highest BCUT2D eigenvalue weighted by atomic mass is 19.3. The van der Waals surface area contributed by atoms with Crippen LogP contribution in [0.2, 0.25) is 0 Å². The first-order valence-electron chi connectivity index (χ1n) is 8.82. The molecule has 1 fully saturated rings. The Hall–Kier alpha value is -2.95. The third kappa shape index (κ3) is 4.82. The highest BCUT2D eigenvalue weighted by Crippen LogP contribution is 2.24. The number of hydrogen-bond donors (Lipinski definition) is 1. The third-order valence-electron chi connectivity index (χ3n) is 4.62. The molecule has 1 aromatic carbocycles. The van der Waals surface area contributed by atoms with Crippen LogP contribution >= 0.6 is 0 Å². The summed E-state index contributed by atoms with van der Waals surface area (Å²) in [7, 11) is 0. The zero-order chi connectivity index (χ0) is 19.4. The van der Waals surface area contributed by atoms with E-state index in [0.29, 0.717) is 31.7 Å². The van der Waals surface area contributed by atoms with E-state index in [2.05, 4.69) is 21.2 Å². The van der Waals surface area contributed by atoms with Crippen molar-refractivity contribution >= 4 is 11.7 Å². The van der Waals surface area contributed by atoms with Crippen molar-refractivity contribution in [3.8, 4) is 17.3 Å². The van der Waals surface area contributed by atoms with E-state index in [1.807, 2.05) is 18.2 Å². The number of nitrogens with zero attached hydrogens (tertiary/aromatic N) is 4. The van der Waals surface area contributed by atoms with Gasteiger partial charge in [-0.1, -0.05) is 12.1 Å². The van der Waals surface area contributed by atoms with Gasteiger partial charge >= 0.3 is 0 Å². The molecular formula is C19H21F2N5O. The lowest BCUT2D eigenvalue weighted by Crippen LogP contribution is -2.49. The average molecular weight is 373 g/mol. The Kier molecular flexibility index (Phi) is 5.40. The molecule has 1 saturated heterocycles. The number of benzene rings is 1. The van der Waals surface area contributed by atoms with Crippen LogP contribution < -0.4 is 4.90 Å². The van der Waals surface area contributed by atoms with Crippen molar-refractivity contribution in [1.82, 2.24) is 15.1 Å². The Morgan fingerprint density at radius 2 is 1.93 bits per heavy atom. The monoisotopic (exact) mass is 373 g/mol. The van der Waals surface area contributed by atoms with Crippen LogP contribution in [-0.2, 0) is 4.79 Å². The Balaban J connectivity index is 1.56. The highest BCUT2D eigenvalue weighted by molar-refractivity contribution is 5.76. The third-order valence-corrected chi connectivity index (χ3v) is 4.62. The van der Waals surface area contributed by atoms with E-state index >= 15 is 0 Å². The van der Waals surface area contributed by atoms with Gasteiger partial charge in [0.15, 0.2) is 5.82 Å². The van der Waals surface area contributed by atoms with Gasteiger partial charge in [0, 0.05) is 45.1 Å². The predicted octanol–water partition coefficient (Wildman–Crippen LogP) is 3.03. The molecule has 8 heteroatoms. The maximum atomic E-state index is 12.9. The number of nitrogens with one attached hydrogen (secondary N) is 1. The van der Waals surface area contributed by atoms with Crippen LogP contribution in [0.1, 0.15) is 25.3 Å². The summed E-state index contributed by atoms with van der Waals surface area (Å²) in [4.78, 5) is 15.8. The Bertz CT molecular complexity index is 827. The van der Waals surface area contributed by atoms with Gasteiger partial charge in [-0.05, 0) is 24.6 Å². The summed E-state index contributed by atoms with van der Waals surface area (Å²) in [5.41, 5.74) is 2.38. The molecule has 1 N–H and O–H groups in total. The second kappa shape index (κ2) is 7.74. The van der Waals surface area contributed by atoms with Gasteiger partial charge in [-0.25, -0.2) is 8.78 Å². The molecule has 6 nitrogen and oxygen atoms in total. The van der Waals surface area contributed by atoms with E-state index < -0.39 is 12.3 Å². The normalized spacial score (nSPS) is 14.9. The number of halogens is 2. The number of carbonyl (C=O) groups excluding carboxylic acids is 1. The quantitative estimate of drug-likeness (QED) is 0.874. The van der Waals surface area contributed by atoms with Crippen LogP contribution in [0.5, 0.6) is 0 Å². The van der Waals surface area contributed by atoms with Crippen LogP contribution in [0.15, 0.2) is 30.3 Å². The van der Waals surface area contributed by atoms with Crippen LogP contribution in [0.4, 0.5) is 14.6 Å². The lowest BCUT2D eigenvalue weighted by atomic mass is 10.1. The predicted molar refractivity (Wildman–Crippen MR) is 97.4 cm³/mol. The summed E-state index contributed by atoms with van der Waals surface area (Å²) in [5.74, 6) is -2.26. The molecule has 1 aliphatic rings. The van der Waals surface area contributed by atoms with Crippen LogP contribution in [0, 0.1) is 11.3 Å². The first kappa shape index (κ1) is 18.8. The maximum absolute atomic E-state index is 12.9. The summed E-state index contributed by atoms with van der Waals surface area (Å²) in [6.07, 6.45) is -0.548. The van der Waals surface area contributed by atoms with Gasteiger partial charge in [-0.2, -0.15) is 10.4 Å². The summed E-state index contributed by atoms with van der Waals surface area (Å²) < 4.78 is 25.8. The lowest BCUT2D eigenvalue weighted by molar-refractivity contribution is -0.133. The summed E-state index contributed by atoms with van der Waals surface area (Å²) >= 11 is 0. The van der Waals surface area contributed by atoms with Crippen molar-refractivity contribution in [2.24, 2.45) is 0 Å². The topological polar surface area (TPSA) is 76.0 Å². The standard InChI is InChI=1S/C19H21F2N5O/c1-19(20,21)7-6-18(27)26-10-8-25(9-11-26)17-12-16(23-24-17)15-4-2-14(13-22)3-5-15/h2-5,12H,6-11H2,1H3,(H,23,24). The van der Waals surface area contributed by atoms with E-state index in [1.165, 1.54) is 0 Å². The smallest absolute Gasteiger partial charge is 0.245 e. The molecule has 3 rings (SSSR count). The van der Waals surface area contributed by atoms with Crippen molar-refractivity contribution in [2.45, 2.75) is 25.7 Å². The molecular weight excluding hydrogens is 352 g/mol. The molecule has 27 heavy (non-hydrogen) atoms. The molecule has 0 aliphatic carbocycles. The van der Waals surface area contributed by atoms with E-state index in [4.69, 9.17) is 5.26 Å². The van der Waals surface area contributed by atoms with Crippen molar-refractivity contribution in [3.63, 3.8) is 0 Å². The fourth-order valence-corrected chi connectivity index (χ4v) is 3.01. The van der Waals surface area contributed by atoms with Crippen molar-refractivity contribution in [1.29, 1.82) is 5.26 Å². The van der Waals surface area contributed by atoms with Gasteiger partial charge in [0.2, 0.25) is 11.8 Å². The van der Waals surface area contributed by atoms with Gasteiger partial charge in [0.1, 0.15) is 0 Å². The Labute approximate surface area is 156 Å². The van der Waals surface area contributed by atoms with Gasteiger partial charge in [0.25, 0.3) is 0 Å². The summed E-state index contributed by atoms with van der Waals surface area (Å²) in [6.45, 7) is 3.03. The number of piperazine rings is 1. The fraction of sp³-hybridized carbons (Fsp3) is 0.421. The van der Waals surface area contributed by atoms with E-state index in [-0.39, 0.29) is 12.3 Å². The number of alkyl halides is 2. The number of hydrogen-bond acceptors (Lipinski definition) is 4. The van der Waals surface area contributed by atoms with Crippen molar-refractivity contribution in [3.05, 3.63) is 35.9 Å². The number of amides is 1. The lowest BCUT2D eigenvalue weighted by Gasteiger charge is -2.35. The highest BCUT2D eigenvalue weighted by Gasteiger charge is 2.26. The van der Waals surface area contributed by atoms with Crippen LogP contribution in [0.3, 0.4) is 0 Å². The van der Waals surface area contributed by atoms with E-state index in [9.17, 15) is 13.6 Å². The Morgan fingerprint density at radius 1 is 1.26 bits per heavy atom. The summed E-state index contributed by atoms with van der Waals surface area (Å²) in [6, 6.07) is 11.2. The molecule has 1 aliphatic heterocycles. The molecule has 0 bridgehead atoms. The number of nitriles is 1. The molecule has 142 valence electrons. The van der Waals surface area contributed by atoms with Crippen molar-refractivity contribution < 1.29 is 13.6 Å². The zero-order valence-electron chi connectivity index (χ0n) is 15.1. The molecule has 0 atom stereocenters. The first-order valence-corrected chi connectivity index (χ1v) is 8.82. The number of H-pyrrole nitrogens is 1. The number of anilines is 1. The van der Waals surface area contributed by atoms with Gasteiger partial charge in [-0.3, -0.25) is 9.89 Å². The SMILES string of the molecule is CC(F)(F)CCC(=O)N1CCN(c2cc(-c3ccc(C#N)cc3)[nH]n2)CC1. The Morgan fingerprint density at radius 3 is 2.52 bits per heavy atom. The van der Waals surface area contributed by atoms with Crippen LogP contribution in [-0.4, -0.2) is 53.1 Å². The van der Waals surface area contributed by atoms with Gasteiger partial charge < -0.3 is 9.80 Å². The second-order valence-electron chi connectivity index (χ2n) is 6.77. The molecule has 1 amide bonds. The molecule has 1 aromatic heterocycles. The number of aromatic amines is 1. The molecule has 0 radical (unpaired) electrons. The first-order chi connectivity index (χ1) is 12.9. The molecule has 2 heterocycles. The van der Waals surface area contributed by atoms with Gasteiger partial charge in [0.05, 0.1) is 17.3 Å². The minimum atomic E-state index is -2.81. The number of carbonyl (C=O) groups is 1. The summed E-state index contributed by atoms with van der Waals surface area (Å²) in [5, 5.41) is 16.2. The molecule has 0 spiro atoms. The molecule has 0 unspecified atom stereocenters. The minimum absolute atomic E-state index is 0.130. The average Bonchev–Trinajstić information content (AvgIpc) is 3.16. The van der Waals surface area contributed by atoms with E-state index in [0.717, 1.165) is 24.0 Å². The fourth-order valence-electron chi connectivity index (χ4n) is 3.01. The second-order valence-corrected chi connectivity index (χ2v) is 6.77. The van der Waals surface area contributed by atoms with Crippen LogP contribution in [0.25, 0.3) is 11.3 Å².